The zero-order valence-corrected chi connectivity index (χ0v) is 12.6. The Morgan fingerprint density at radius 1 is 1.23 bits per heavy atom. The first-order valence-electron chi connectivity index (χ1n) is 6.87. The molecule has 2 aromatic heterocycles. The molecule has 0 aliphatic heterocycles. The van der Waals surface area contributed by atoms with Crippen molar-refractivity contribution in [3.8, 4) is 11.5 Å². The molecule has 6 nitrogen and oxygen atoms in total. The van der Waals surface area contributed by atoms with Crippen LogP contribution in [0.15, 0.2) is 36.5 Å². The highest BCUT2D eigenvalue weighted by Gasteiger charge is 2.09. The fraction of sp³-hybridized carbons (Fsp3) is 0.188. The van der Waals surface area contributed by atoms with Crippen molar-refractivity contribution in [1.82, 2.24) is 19.9 Å². The average molecular weight is 296 g/mol. The lowest BCUT2D eigenvalue weighted by molar-refractivity contribution is 0.0958. The maximum Gasteiger partial charge on any atom is 0.269 e. The Morgan fingerprint density at radius 2 is 2.00 bits per heavy atom. The molecule has 112 valence electrons. The third-order valence-electron chi connectivity index (χ3n) is 3.50. The van der Waals surface area contributed by atoms with Crippen LogP contribution < -0.4 is 10.1 Å². The molecule has 0 radical (unpaired) electrons. The van der Waals surface area contributed by atoms with Gasteiger partial charge in [0.25, 0.3) is 5.91 Å². The number of carbonyl (C=O) groups is 1. The Kier molecular flexibility index (Phi) is 3.50. The van der Waals surface area contributed by atoms with Gasteiger partial charge < -0.3 is 14.6 Å². The minimum Gasteiger partial charge on any atom is -0.457 e. The second-order valence-electron chi connectivity index (χ2n) is 4.93. The van der Waals surface area contributed by atoms with E-state index in [-0.39, 0.29) is 5.91 Å². The number of rotatable bonds is 3. The topological polar surface area (TPSA) is 69.0 Å². The highest BCUT2D eigenvalue weighted by molar-refractivity contribution is 5.92. The Morgan fingerprint density at radius 3 is 2.77 bits per heavy atom. The molecule has 0 saturated heterocycles. The first kappa shape index (κ1) is 14.1. The zero-order chi connectivity index (χ0) is 15.7. The van der Waals surface area contributed by atoms with E-state index in [1.807, 2.05) is 36.7 Å². The van der Waals surface area contributed by atoms with Gasteiger partial charge in [0.05, 0.1) is 11.0 Å². The summed E-state index contributed by atoms with van der Waals surface area (Å²) < 4.78 is 7.82. The maximum atomic E-state index is 11.6. The number of amides is 1. The zero-order valence-electron chi connectivity index (χ0n) is 12.6. The minimum atomic E-state index is -0.249. The molecule has 0 aliphatic carbocycles. The maximum absolute atomic E-state index is 11.6. The Balaban J connectivity index is 1.91. The summed E-state index contributed by atoms with van der Waals surface area (Å²) in [6, 6.07) is 9.03. The standard InChI is InChI=1S/C16H16N4O2/c1-10-19-13-8-11(4-5-15(13)20(10)3)22-12-6-7-18-14(9-12)16(21)17-2/h4-9H,1-3H3,(H,17,21). The predicted octanol–water partition coefficient (Wildman–Crippen LogP) is 2.43. The molecular weight excluding hydrogens is 280 g/mol. The van der Waals surface area contributed by atoms with Crippen molar-refractivity contribution in [2.75, 3.05) is 7.05 Å². The van der Waals surface area contributed by atoms with Gasteiger partial charge in [-0.25, -0.2) is 4.98 Å². The molecule has 6 heteroatoms. The molecule has 3 aromatic rings. The molecule has 0 aliphatic rings. The number of aryl methyl sites for hydroxylation is 2. The highest BCUT2D eigenvalue weighted by Crippen LogP contribution is 2.25. The molecule has 1 aromatic carbocycles. The molecule has 1 N–H and O–H groups in total. The van der Waals surface area contributed by atoms with Gasteiger partial charge in [-0.15, -0.1) is 0 Å². The van der Waals surface area contributed by atoms with Crippen molar-refractivity contribution in [2.45, 2.75) is 6.92 Å². The normalized spacial score (nSPS) is 10.7. The van der Waals surface area contributed by atoms with Crippen molar-refractivity contribution in [1.29, 1.82) is 0 Å². The van der Waals surface area contributed by atoms with Crippen molar-refractivity contribution in [3.05, 3.63) is 48.0 Å². The van der Waals surface area contributed by atoms with Gasteiger partial charge in [-0.1, -0.05) is 0 Å². The van der Waals surface area contributed by atoms with Crippen molar-refractivity contribution >= 4 is 16.9 Å². The van der Waals surface area contributed by atoms with Gasteiger partial charge in [0.2, 0.25) is 0 Å². The largest absolute Gasteiger partial charge is 0.457 e. The molecular formula is C16H16N4O2. The Hall–Kier alpha value is -2.89. The van der Waals surface area contributed by atoms with Crippen LogP contribution in [0, 0.1) is 6.92 Å². The summed E-state index contributed by atoms with van der Waals surface area (Å²) in [4.78, 5) is 20.1. The van der Waals surface area contributed by atoms with E-state index in [0.29, 0.717) is 17.2 Å². The van der Waals surface area contributed by atoms with Crippen LogP contribution in [-0.2, 0) is 7.05 Å². The number of nitrogens with one attached hydrogen (secondary N) is 1. The lowest BCUT2D eigenvalue weighted by Crippen LogP contribution is -2.18. The van der Waals surface area contributed by atoms with Crippen molar-refractivity contribution in [3.63, 3.8) is 0 Å². The van der Waals surface area contributed by atoms with E-state index in [2.05, 4.69) is 15.3 Å². The first-order chi connectivity index (χ1) is 10.6. The fourth-order valence-corrected chi connectivity index (χ4v) is 2.23. The van der Waals surface area contributed by atoms with Gasteiger partial charge in [0.1, 0.15) is 23.0 Å². The second-order valence-corrected chi connectivity index (χ2v) is 4.93. The molecule has 0 bridgehead atoms. The summed E-state index contributed by atoms with van der Waals surface area (Å²) in [5.41, 5.74) is 2.23. The number of ether oxygens (including phenoxy) is 1. The van der Waals surface area contributed by atoms with E-state index in [4.69, 9.17) is 4.74 Å². The third kappa shape index (κ3) is 2.50. The third-order valence-corrected chi connectivity index (χ3v) is 3.50. The molecule has 0 atom stereocenters. The Bertz CT molecular complexity index is 854. The summed E-state index contributed by atoms with van der Waals surface area (Å²) in [5, 5.41) is 2.54. The summed E-state index contributed by atoms with van der Waals surface area (Å²) in [5.74, 6) is 1.92. The van der Waals surface area contributed by atoms with Crippen LogP contribution in [0.1, 0.15) is 16.3 Å². The molecule has 0 unspecified atom stereocenters. The number of fused-ring (bicyclic) bond motifs is 1. The van der Waals surface area contributed by atoms with E-state index >= 15 is 0 Å². The second kappa shape index (κ2) is 5.48. The van der Waals surface area contributed by atoms with Crippen LogP contribution in [0.5, 0.6) is 11.5 Å². The minimum absolute atomic E-state index is 0.249. The summed E-state index contributed by atoms with van der Waals surface area (Å²) in [7, 11) is 3.54. The number of hydrogen-bond donors (Lipinski definition) is 1. The monoisotopic (exact) mass is 296 g/mol. The molecule has 3 rings (SSSR count). The first-order valence-corrected chi connectivity index (χ1v) is 6.87. The smallest absolute Gasteiger partial charge is 0.269 e. The van der Waals surface area contributed by atoms with Crippen LogP contribution in [0.4, 0.5) is 0 Å². The van der Waals surface area contributed by atoms with E-state index in [1.165, 1.54) is 0 Å². The van der Waals surface area contributed by atoms with Gasteiger partial charge in [0, 0.05) is 32.4 Å². The summed E-state index contributed by atoms with van der Waals surface area (Å²) >= 11 is 0. The number of benzene rings is 1. The van der Waals surface area contributed by atoms with Crippen LogP contribution >= 0.6 is 0 Å². The summed E-state index contributed by atoms with van der Waals surface area (Å²) in [6.07, 6.45) is 1.54. The van der Waals surface area contributed by atoms with E-state index in [1.54, 1.807) is 25.4 Å². The van der Waals surface area contributed by atoms with E-state index < -0.39 is 0 Å². The molecule has 0 fully saturated rings. The van der Waals surface area contributed by atoms with Crippen LogP contribution in [0.3, 0.4) is 0 Å². The van der Waals surface area contributed by atoms with Gasteiger partial charge in [-0.05, 0) is 25.1 Å². The average Bonchev–Trinajstić information content (AvgIpc) is 2.81. The highest BCUT2D eigenvalue weighted by atomic mass is 16.5. The Labute approximate surface area is 127 Å². The number of hydrogen-bond acceptors (Lipinski definition) is 4. The van der Waals surface area contributed by atoms with E-state index in [0.717, 1.165) is 16.9 Å². The van der Waals surface area contributed by atoms with Crippen molar-refractivity contribution in [2.24, 2.45) is 7.05 Å². The van der Waals surface area contributed by atoms with Gasteiger partial charge >= 0.3 is 0 Å². The molecule has 0 saturated carbocycles. The quantitative estimate of drug-likeness (QED) is 0.806. The SMILES string of the molecule is CNC(=O)c1cc(Oc2ccc3c(c2)nc(C)n3C)ccn1. The number of aromatic nitrogens is 3. The van der Waals surface area contributed by atoms with Crippen LogP contribution in [-0.4, -0.2) is 27.5 Å². The van der Waals surface area contributed by atoms with Gasteiger partial charge in [-0.2, -0.15) is 0 Å². The van der Waals surface area contributed by atoms with E-state index in [9.17, 15) is 4.79 Å². The molecule has 22 heavy (non-hydrogen) atoms. The summed E-state index contributed by atoms with van der Waals surface area (Å²) in [6.45, 7) is 1.96. The van der Waals surface area contributed by atoms with Gasteiger partial charge in [0.15, 0.2) is 0 Å². The fourth-order valence-electron chi connectivity index (χ4n) is 2.23. The number of carbonyl (C=O) groups excluding carboxylic acids is 1. The lowest BCUT2D eigenvalue weighted by Gasteiger charge is -2.07. The number of imidazole rings is 1. The lowest BCUT2D eigenvalue weighted by atomic mass is 10.3. The molecule has 0 spiro atoms. The number of nitrogens with zero attached hydrogens (tertiary/aromatic N) is 3. The molecule has 1 amide bonds. The van der Waals surface area contributed by atoms with Crippen LogP contribution in [0.25, 0.3) is 11.0 Å². The van der Waals surface area contributed by atoms with Crippen LogP contribution in [0.2, 0.25) is 0 Å². The van der Waals surface area contributed by atoms with Gasteiger partial charge in [-0.3, -0.25) is 9.78 Å². The van der Waals surface area contributed by atoms with Crippen molar-refractivity contribution < 1.29 is 9.53 Å². The number of pyridine rings is 1. The molecule has 2 heterocycles. The predicted molar refractivity (Wildman–Crippen MR) is 83.2 cm³/mol.